The van der Waals surface area contributed by atoms with Gasteiger partial charge in [0.25, 0.3) is 5.56 Å². The van der Waals surface area contributed by atoms with E-state index in [9.17, 15) is 23.2 Å². The van der Waals surface area contributed by atoms with Crippen LogP contribution in [0.25, 0.3) is 11.0 Å². The lowest BCUT2D eigenvalue weighted by molar-refractivity contribution is -0.113. The Morgan fingerprint density at radius 3 is 2.33 bits per heavy atom. The third-order valence-corrected chi connectivity index (χ3v) is 5.62. The van der Waals surface area contributed by atoms with Crippen molar-refractivity contribution in [3.8, 4) is 5.75 Å². The van der Waals surface area contributed by atoms with Crippen LogP contribution in [0, 0.1) is 0 Å². The van der Waals surface area contributed by atoms with Gasteiger partial charge in [0.15, 0.2) is 5.65 Å². The van der Waals surface area contributed by atoms with Crippen LogP contribution in [0.1, 0.15) is 26.6 Å². The normalized spacial score (nSPS) is 11.8. The van der Waals surface area contributed by atoms with Gasteiger partial charge < -0.3 is 10.1 Å². The average molecular weight is 480 g/mol. The van der Waals surface area contributed by atoms with E-state index >= 15 is 0 Å². The molecule has 0 saturated heterocycles. The molecule has 0 spiro atoms. The minimum atomic E-state index is -2.94. The third kappa shape index (κ3) is 5.38. The van der Waals surface area contributed by atoms with Crippen LogP contribution in [0.2, 0.25) is 0 Å². The fraction of sp³-hybridized carbons (Fsp3) is 0.381. The predicted octanol–water partition coefficient (Wildman–Crippen LogP) is 2.66. The van der Waals surface area contributed by atoms with Crippen LogP contribution < -0.4 is 21.3 Å². The van der Waals surface area contributed by atoms with Crippen LogP contribution in [0.4, 0.5) is 14.5 Å². The topological polar surface area (TPSA) is 108 Å². The molecule has 0 fully saturated rings. The molecule has 0 aliphatic heterocycles. The molecular formula is C21H23F2N5O4S. The molecule has 9 nitrogen and oxygen atoms in total. The molecule has 0 saturated carbocycles. The van der Waals surface area contributed by atoms with Gasteiger partial charge in [-0.05, 0) is 24.3 Å². The Hall–Kier alpha value is -3.28. The largest absolute Gasteiger partial charge is 0.435 e. The summed E-state index contributed by atoms with van der Waals surface area (Å²) in [5.74, 6) is -0.0817. The maximum atomic E-state index is 12.8. The summed E-state index contributed by atoms with van der Waals surface area (Å²) in [6.07, 6.45) is 0. The molecule has 0 aliphatic rings. The molecule has 2 heterocycles. The summed E-state index contributed by atoms with van der Waals surface area (Å²) in [5, 5.41) is 3.09. The van der Waals surface area contributed by atoms with Crippen molar-refractivity contribution < 1.29 is 18.3 Å². The molecule has 1 aromatic carbocycles. The van der Waals surface area contributed by atoms with Crippen molar-refractivity contribution in [2.75, 3.05) is 11.1 Å². The molecule has 0 aliphatic carbocycles. The smallest absolute Gasteiger partial charge is 0.387 e. The van der Waals surface area contributed by atoms with Gasteiger partial charge in [-0.25, -0.2) is 14.8 Å². The number of carbonyl (C=O) groups excluding carboxylic acids is 1. The van der Waals surface area contributed by atoms with Crippen LogP contribution in [-0.4, -0.2) is 37.4 Å². The second-order valence-corrected chi connectivity index (χ2v) is 9.21. The minimum Gasteiger partial charge on any atom is -0.435 e. The van der Waals surface area contributed by atoms with Gasteiger partial charge in [-0.2, -0.15) is 8.78 Å². The van der Waals surface area contributed by atoms with Gasteiger partial charge in [0, 0.05) is 25.2 Å². The summed E-state index contributed by atoms with van der Waals surface area (Å²) in [4.78, 5) is 46.6. The number of amides is 1. The second kappa shape index (κ2) is 9.30. The van der Waals surface area contributed by atoms with E-state index in [1.54, 1.807) is 0 Å². The molecule has 0 unspecified atom stereocenters. The zero-order chi connectivity index (χ0) is 24.5. The van der Waals surface area contributed by atoms with Crippen LogP contribution in [0.5, 0.6) is 5.75 Å². The highest BCUT2D eigenvalue weighted by Gasteiger charge is 2.24. The van der Waals surface area contributed by atoms with Crippen LogP contribution in [0.15, 0.2) is 38.9 Å². The van der Waals surface area contributed by atoms with Crippen LogP contribution in [-0.2, 0) is 24.3 Å². The number of carbonyl (C=O) groups is 1. The summed E-state index contributed by atoms with van der Waals surface area (Å²) in [6, 6.07) is 5.49. The van der Waals surface area contributed by atoms with Gasteiger partial charge in [0.05, 0.1) is 5.75 Å². The summed E-state index contributed by atoms with van der Waals surface area (Å²) >= 11 is 1.04. The SMILES string of the molecule is Cn1c(=O)c2c(SCC(=O)Nc3ccc(OC(F)F)cc3)nc(C(C)(C)C)nc2n(C)c1=O. The van der Waals surface area contributed by atoms with E-state index in [4.69, 9.17) is 0 Å². The highest BCUT2D eigenvalue weighted by molar-refractivity contribution is 8.00. The highest BCUT2D eigenvalue weighted by atomic mass is 32.2. The fourth-order valence-electron chi connectivity index (χ4n) is 2.92. The number of ether oxygens (including phenoxy) is 1. The molecule has 2 aromatic heterocycles. The third-order valence-electron chi connectivity index (χ3n) is 4.64. The lowest BCUT2D eigenvalue weighted by Crippen LogP contribution is -2.38. The van der Waals surface area contributed by atoms with Gasteiger partial charge in [-0.15, -0.1) is 0 Å². The number of fused-ring (bicyclic) bond motifs is 1. The zero-order valence-electron chi connectivity index (χ0n) is 18.7. The number of nitrogens with one attached hydrogen (secondary N) is 1. The summed E-state index contributed by atoms with van der Waals surface area (Å²) in [7, 11) is 2.89. The highest BCUT2D eigenvalue weighted by Crippen LogP contribution is 2.27. The first-order chi connectivity index (χ1) is 15.4. The van der Waals surface area contributed by atoms with Crippen molar-refractivity contribution in [2.45, 2.75) is 37.8 Å². The molecule has 176 valence electrons. The van der Waals surface area contributed by atoms with Gasteiger partial charge in [0.2, 0.25) is 5.91 Å². The van der Waals surface area contributed by atoms with Gasteiger partial charge >= 0.3 is 12.3 Å². The maximum absolute atomic E-state index is 12.8. The first-order valence-electron chi connectivity index (χ1n) is 9.84. The number of anilines is 1. The fourth-order valence-corrected chi connectivity index (χ4v) is 3.73. The molecule has 0 bridgehead atoms. The number of thioether (sulfide) groups is 1. The van der Waals surface area contributed by atoms with E-state index in [1.807, 2.05) is 20.8 Å². The number of aryl methyl sites for hydroxylation is 1. The van der Waals surface area contributed by atoms with Crippen molar-refractivity contribution in [1.82, 2.24) is 19.1 Å². The van der Waals surface area contributed by atoms with E-state index in [0.717, 1.165) is 16.3 Å². The molecule has 0 radical (unpaired) electrons. The Bertz CT molecular complexity index is 1310. The lowest BCUT2D eigenvalue weighted by atomic mass is 9.96. The average Bonchev–Trinajstić information content (AvgIpc) is 2.74. The molecule has 0 atom stereocenters. The first-order valence-corrected chi connectivity index (χ1v) is 10.8. The van der Waals surface area contributed by atoms with Gasteiger partial charge in [-0.3, -0.25) is 18.7 Å². The number of rotatable bonds is 6. The van der Waals surface area contributed by atoms with Crippen molar-refractivity contribution in [3.63, 3.8) is 0 Å². The molecule has 3 rings (SSSR count). The number of aromatic nitrogens is 4. The van der Waals surface area contributed by atoms with Crippen molar-refractivity contribution in [2.24, 2.45) is 14.1 Å². The van der Waals surface area contributed by atoms with E-state index in [0.29, 0.717) is 11.5 Å². The Morgan fingerprint density at radius 2 is 1.76 bits per heavy atom. The molecule has 1 amide bonds. The number of hydrogen-bond acceptors (Lipinski definition) is 7. The minimum absolute atomic E-state index is 0.0269. The quantitative estimate of drug-likeness (QED) is 0.428. The number of nitrogens with zero attached hydrogens (tertiary/aromatic N) is 4. The van der Waals surface area contributed by atoms with Gasteiger partial charge in [-0.1, -0.05) is 32.5 Å². The number of alkyl halides is 2. The second-order valence-electron chi connectivity index (χ2n) is 8.25. The summed E-state index contributed by atoms with van der Waals surface area (Å²) < 4.78 is 31.0. The Labute approximate surface area is 191 Å². The Kier molecular flexibility index (Phi) is 6.86. The molecule has 33 heavy (non-hydrogen) atoms. The number of benzene rings is 1. The molecular weight excluding hydrogens is 456 g/mol. The standard InChI is InChI=1S/C21H23F2N5O4S/c1-21(2,3)18-25-15-14(17(30)28(5)20(31)27(15)4)16(26-18)33-10-13(29)24-11-6-8-12(9-7-11)32-19(22)23/h6-9,19H,10H2,1-5H3,(H,24,29). The van der Waals surface area contributed by atoms with E-state index < -0.39 is 29.2 Å². The van der Waals surface area contributed by atoms with Crippen molar-refractivity contribution >= 4 is 34.4 Å². The lowest BCUT2D eigenvalue weighted by Gasteiger charge is -2.19. The van der Waals surface area contributed by atoms with Crippen LogP contribution in [0.3, 0.4) is 0 Å². The zero-order valence-corrected chi connectivity index (χ0v) is 19.5. The summed E-state index contributed by atoms with van der Waals surface area (Å²) in [5.41, 5.74) is -0.945. The molecule has 12 heteroatoms. The molecule has 3 aromatic rings. The number of hydrogen-bond donors (Lipinski definition) is 1. The van der Waals surface area contributed by atoms with E-state index in [2.05, 4.69) is 20.0 Å². The van der Waals surface area contributed by atoms with Gasteiger partial charge in [0.1, 0.15) is 22.0 Å². The van der Waals surface area contributed by atoms with E-state index in [1.165, 1.54) is 42.9 Å². The monoisotopic (exact) mass is 479 g/mol. The van der Waals surface area contributed by atoms with E-state index in [-0.39, 0.29) is 27.6 Å². The maximum Gasteiger partial charge on any atom is 0.387 e. The summed E-state index contributed by atoms with van der Waals surface area (Å²) in [6.45, 7) is 2.76. The Morgan fingerprint density at radius 1 is 1.12 bits per heavy atom. The van der Waals surface area contributed by atoms with Crippen molar-refractivity contribution in [3.05, 3.63) is 50.9 Å². The Balaban J connectivity index is 1.89. The first kappa shape index (κ1) is 24.4. The molecule has 1 N–H and O–H groups in total. The number of halogens is 2. The van der Waals surface area contributed by atoms with Crippen molar-refractivity contribution in [1.29, 1.82) is 0 Å². The predicted molar refractivity (Wildman–Crippen MR) is 121 cm³/mol. The van der Waals surface area contributed by atoms with Crippen LogP contribution >= 0.6 is 11.8 Å².